The van der Waals surface area contributed by atoms with E-state index in [9.17, 15) is 9.59 Å². The number of hydrogen-bond donors (Lipinski definition) is 1. The Kier molecular flexibility index (Phi) is 6.57. The fourth-order valence-electron chi connectivity index (χ4n) is 1.88. The van der Waals surface area contributed by atoms with Gasteiger partial charge in [-0.15, -0.1) is 11.3 Å². The molecule has 0 saturated heterocycles. The zero-order valence-electron chi connectivity index (χ0n) is 13.7. The zero-order chi connectivity index (χ0) is 17.4. The highest BCUT2D eigenvalue weighted by Gasteiger charge is 2.05. The smallest absolute Gasteiger partial charge is 0.331 e. The summed E-state index contributed by atoms with van der Waals surface area (Å²) in [5.74, 6) is -0.863. The summed E-state index contributed by atoms with van der Waals surface area (Å²) in [5, 5.41) is 4.64. The van der Waals surface area contributed by atoms with Crippen LogP contribution >= 0.6 is 11.3 Å². The number of amides is 1. The molecular weight excluding hydrogens is 324 g/mol. The zero-order valence-corrected chi connectivity index (χ0v) is 14.5. The molecule has 1 heterocycles. The molecule has 1 aromatic carbocycles. The van der Waals surface area contributed by atoms with Gasteiger partial charge in [-0.2, -0.15) is 0 Å². The van der Waals surface area contributed by atoms with Gasteiger partial charge in [0.2, 0.25) is 0 Å². The predicted octanol–water partition coefficient (Wildman–Crippen LogP) is 2.69. The Bertz CT molecular complexity index is 692. The lowest BCUT2D eigenvalue weighted by Gasteiger charge is -2.12. The summed E-state index contributed by atoms with van der Waals surface area (Å²) in [4.78, 5) is 26.2. The fourth-order valence-corrected chi connectivity index (χ4v) is 2.50. The second-order valence-corrected chi connectivity index (χ2v) is 6.27. The van der Waals surface area contributed by atoms with Gasteiger partial charge in [0.05, 0.1) is 0 Å². The number of hydrogen-bond acceptors (Lipinski definition) is 5. The maximum Gasteiger partial charge on any atom is 0.331 e. The van der Waals surface area contributed by atoms with Gasteiger partial charge in [0.25, 0.3) is 5.91 Å². The lowest BCUT2D eigenvalue weighted by atomic mass is 10.2. The molecule has 0 unspecified atom stereocenters. The summed E-state index contributed by atoms with van der Waals surface area (Å²) in [6.07, 6.45) is 2.98. The average molecular weight is 344 g/mol. The van der Waals surface area contributed by atoms with Crippen molar-refractivity contribution in [1.29, 1.82) is 0 Å². The monoisotopic (exact) mass is 344 g/mol. The Morgan fingerprint density at radius 1 is 1.21 bits per heavy atom. The van der Waals surface area contributed by atoms with Crippen LogP contribution in [0.2, 0.25) is 0 Å². The van der Waals surface area contributed by atoms with E-state index < -0.39 is 5.97 Å². The summed E-state index contributed by atoms with van der Waals surface area (Å²) in [6, 6.07) is 11.7. The van der Waals surface area contributed by atoms with Gasteiger partial charge < -0.3 is 15.0 Å². The molecule has 126 valence electrons. The number of nitrogens with zero attached hydrogens (tertiary/aromatic N) is 1. The van der Waals surface area contributed by atoms with Crippen LogP contribution < -0.4 is 10.2 Å². The van der Waals surface area contributed by atoms with E-state index in [0.29, 0.717) is 6.54 Å². The number of carbonyl (C=O) groups is 2. The minimum Gasteiger partial charge on any atom is -0.452 e. The van der Waals surface area contributed by atoms with Crippen LogP contribution in [0, 0.1) is 0 Å². The highest BCUT2D eigenvalue weighted by atomic mass is 32.1. The lowest BCUT2D eigenvalue weighted by Crippen LogP contribution is -2.28. The van der Waals surface area contributed by atoms with Crippen molar-refractivity contribution >= 4 is 35.0 Å². The maximum absolute atomic E-state index is 11.7. The second kappa shape index (κ2) is 8.88. The van der Waals surface area contributed by atoms with Crippen LogP contribution in [0.15, 0.2) is 47.9 Å². The molecule has 0 aliphatic carbocycles. The number of thiophene rings is 1. The highest BCUT2D eigenvalue weighted by Crippen LogP contribution is 2.12. The molecule has 1 N–H and O–H groups in total. The molecule has 0 spiro atoms. The van der Waals surface area contributed by atoms with Crippen LogP contribution in [0.25, 0.3) is 6.08 Å². The predicted molar refractivity (Wildman–Crippen MR) is 96.9 cm³/mol. The first-order valence-corrected chi connectivity index (χ1v) is 8.34. The van der Waals surface area contributed by atoms with E-state index in [-0.39, 0.29) is 12.5 Å². The van der Waals surface area contributed by atoms with Crippen molar-refractivity contribution < 1.29 is 14.3 Å². The number of benzene rings is 1. The quantitative estimate of drug-likeness (QED) is 0.620. The van der Waals surface area contributed by atoms with Crippen molar-refractivity contribution in [2.75, 3.05) is 25.6 Å². The fraction of sp³-hybridized carbons (Fsp3) is 0.222. The molecule has 0 atom stereocenters. The number of esters is 1. The normalized spacial score (nSPS) is 10.6. The van der Waals surface area contributed by atoms with Gasteiger partial charge in [-0.3, -0.25) is 4.79 Å². The third-order valence-electron chi connectivity index (χ3n) is 3.21. The third kappa shape index (κ3) is 5.89. The molecule has 2 rings (SSSR count). The van der Waals surface area contributed by atoms with Crippen LogP contribution in [-0.4, -0.2) is 32.6 Å². The van der Waals surface area contributed by atoms with Gasteiger partial charge in [-0.05, 0) is 35.2 Å². The van der Waals surface area contributed by atoms with Gasteiger partial charge in [0, 0.05) is 37.3 Å². The lowest BCUT2D eigenvalue weighted by molar-refractivity contribution is -0.143. The van der Waals surface area contributed by atoms with Crippen LogP contribution in [0.4, 0.5) is 5.69 Å². The highest BCUT2D eigenvalue weighted by molar-refractivity contribution is 7.10. The molecule has 1 aromatic heterocycles. The van der Waals surface area contributed by atoms with E-state index in [1.165, 1.54) is 17.4 Å². The van der Waals surface area contributed by atoms with E-state index in [4.69, 9.17) is 4.74 Å². The Labute approximate surface area is 145 Å². The van der Waals surface area contributed by atoms with Crippen molar-refractivity contribution in [2.24, 2.45) is 0 Å². The molecule has 2 aromatic rings. The molecule has 0 bridgehead atoms. The molecule has 24 heavy (non-hydrogen) atoms. The Hall–Kier alpha value is -2.60. The SMILES string of the molecule is CN(C)c1ccc(CNC(=O)COC(=O)/C=C/c2cccs2)cc1. The molecule has 6 heteroatoms. The van der Waals surface area contributed by atoms with Crippen molar-refractivity contribution in [1.82, 2.24) is 5.32 Å². The number of nitrogens with one attached hydrogen (secondary N) is 1. The van der Waals surface area contributed by atoms with E-state index in [1.54, 1.807) is 6.08 Å². The van der Waals surface area contributed by atoms with Crippen LogP contribution in [0.3, 0.4) is 0 Å². The number of ether oxygens (including phenoxy) is 1. The number of rotatable bonds is 7. The first-order chi connectivity index (χ1) is 11.5. The van der Waals surface area contributed by atoms with E-state index in [1.807, 2.05) is 60.8 Å². The molecule has 1 amide bonds. The average Bonchev–Trinajstić information content (AvgIpc) is 3.10. The molecule has 5 nitrogen and oxygen atoms in total. The number of carbonyl (C=O) groups excluding carboxylic acids is 2. The van der Waals surface area contributed by atoms with Gasteiger partial charge in [0.15, 0.2) is 6.61 Å². The molecule has 0 saturated carbocycles. The van der Waals surface area contributed by atoms with Crippen LogP contribution in [0.5, 0.6) is 0 Å². The maximum atomic E-state index is 11.7. The Balaban J connectivity index is 1.70. The van der Waals surface area contributed by atoms with Gasteiger partial charge in [-0.1, -0.05) is 18.2 Å². The second-order valence-electron chi connectivity index (χ2n) is 5.29. The standard InChI is InChI=1S/C18H20N2O3S/c1-20(2)15-7-5-14(6-8-15)12-19-17(21)13-23-18(22)10-9-16-4-3-11-24-16/h3-11H,12-13H2,1-2H3,(H,19,21)/b10-9+. The van der Waals surface area contributed by atoms with Crippen LogP contribution in [0.1, 0.15) is 10.4 Å². The molecule has 0 radical (unpaired) electrons. The van der Waals surface area contributed by atoms with Crippen molar-refractivity contribution in [3.63, 3.8) is 0 Å². The minimum atomic E-state index is -0.533. The summed E-state index contributed by atoms with van der Waals surface area (Å²) < 4.78 is 4.90. The Morgan fingerprint density at radius 3 is 2.58 bits per heavy atom. The first-order valence-electron chi connectivity index (χ1n) is 7.46. The summed E-state index contributed by atoms with van der Waals surface area (Å²) in [5.41, 5.74) is 2.08. The Morgan fingerprint density at radius 2 is 1.96 bits per heavy atom. The van der Waals surface area contributed by atoms with Crippen molar-refractivity contribution in [2.45, 2.75) is 6.54 Å². The van der Waals surface area contributed by atoms with Gasteiger partial charge in [0.1, 0.15) is 0 Å². The number of anilines is 1. The summed E-state index contributed by atoms with van der Waals surface area (Å²) >= 11 is 1.52. The largest absolute Gasteiger partial charge is 0.452 e. The summed E-state index contributed by atoms with van der Waals surface area (Å²) in [7, 11) is 3.94. The van der Waals surface area contributed by atoms with Gasteiger partial charge >= 0.3 is 5.97 Å². The third-order valence-corrected chi connectivity index (χ3v) is 4.05. The van der Waals surface area contributed by atoms with Crippen molar-refractivity contribution in [3.05, 3.63) is 58.3 Å². The van der Waals surface area contributed by atoms with E-state index in [0.717, 1.165) is 16.1 Å². The van der Waals surface area contributed by atoms with Gasteiger partial charge in [-0.25, -0.2) is 4.79 Å². The minimum absolute atomic E-state index is 0.288. The van der Waals surface area contributed by atoms with Crippen LogP contribution in [-0.2, 0) is 20.9 Å². The van der Waals surface area contributed by atoms with Crippen molar-refractivity contribution in [3.8, 4) is 0 Å². The van der Waals surface area contributed by atoms with E-state index in [2.05, 4.69) is 5.32 Å². The summed E-state index contributed by atoms with van der Waals surface area (Å²) in [6.45, 7) is 0.110. The molecule has 0 aliphatic heterocycles. The first kappa shape index (κ1) is 17.7. The topological polar surface area (TPSA) is 58.6 Å². The molecular formula is C18H20N2O3S. The van der Waals surface area contributed by atoms with E-state index >= 15 is 0 Å². The molecule has 0 aliphatic rings. The molecule has 0 fully saturated rings.